The molecule has 3 aromatic rings. The van der Waals surface area contributed by atoms with E-state index < -0.39 is 0 Å². The molecule has 0 aliphatic heterocycles. The predicted molar refractivity (Wildman–Crippen MR) is 129 cm³/mol. The number of carbonyl (C=O) groups excluding carboxylic acids is 1. The second-order valence-corrected chi connectivity index (χ2v) is 8.61. The summed E-state index contributed by atoms with van der Waals surface area (Å²) in [4.78, 5) is 17.3. The summed E-state index contributed by atoms with van der Waals surface area (Å²) in [7, 11) is 0. The molecule has 1 aromatic heterocycles. The maximum atomic E-state index is 13.1. The van der Waals surface area contributed by atoms with Crippen LogP contribution in [0.25, 0.3) is 11.1 Å². The molecular formula is C26H30N4O2. The van der Waals surface area contributed by atoms with Crippen molar-refractivity contribution in [3.05, 3.63) is 71.4 Å². The molecule has 1 aliphatic carbocycles. The topological polar surface area (TPSA) is 103 Å². The minimum Gasteiger partial charge on any atom is -0.493 e. The highest BCUT2D eigenvalue weighted by molar-refractivity contribution is 5.99. The quantitative estimate of drug-likeness (QED) is 0.499. The summed E-state index contributed by atoms with van der Waals surface area (Å²) in [5, 5.41) is 3.17. The first-order chi connectivity index (χ1) is 15.4. The van der Waals surface area contributed by atoms with Crippen LogP contribution in [-0.2, 0) is 0 Å². The summed E-state index contributed by atoms with van der Waals surface area (Å²) in [6.45, 7) is 4.74. The van der Waals surface area contributed by atoms with E-state index in [0.717, 1.165) is 36.1 Å². The number of rotatable bonds is 6. The van der Waals surface area contributed by atoms with Crippen LogP contribution in [0, 0.1) is 19.8 Å². The number of nitrogens with two attached hydrogens (primary N) is 2. The van der Waals surface area contributed by atoms with Gasteiger partial charge in [-0.1, -0.05) is 24.6 Å². The number of benzene rings is 2. The van der Waals surface area contributed by atoms with E-state index in [1.807, 2.05) is 30.3 Å². The van der Waals surface area contributed by atoms with E-state index in [1.165, 1.54) is 11.1 Å². The Balaban J connectivity index is 1.43. The van der Waals surface area contributed by atoms with Crippen molar-refractivity contribution >= 4 is 17.4 Å². The zero-order valence-electron chi connectivity index (χ0n) is 18.6. The first-order valence-electron chi connectivity index (χ1n) is 11.0. The Kier molecular flexibility index (Phi) is 6.30. The highest BCUT2D eigenvalue weighted by Gasteiger charge is 2.30. The summed E-state index contributed by atoms with van der Waals surface area (Å²) in [5.41, 5.74) is 17.1. The van der Waals surface area contributed by atoms with Crippen molar-refractivity contribution < 1.29 is 9.53 Å². The smallest absolute Gasteiger partial charge is 0.255 e. The number of aromatic nitrogens is 1. The van der Waals surface area contributed by atoms with Crippen molar-refractivity contribution in [2.45, 2.75) is 39.2 Å². The third-order valence-corrected chi connectivity index (χ3v) is 6.33. The van der Waals surface area contributed by atoms with Gasteiger partial charge in [0.1, 0.15) is 11.6 Å². The number of carbonyl (C=O) groups is 1. The largest absolute Gasteiger partial charge is 0.493 e. The predicted octanol–water partition coefficient (Wildman–Crippen LogP) is 4.51. The van der Waals surface area contributed by atoms with Crippen LogP contribution < -0.4 is 21.5 Å². The van der Waals surface area contributed by atoms with Crippen molar-refractivity contribution in [1.29, 1.82) is 0 Å². The summed E-state index contributed by atoms with van der Waals surface area (Å²) < 4.78 is 6.06. The van der Waals surface area contributed by atoms with Gasteiger partial charge in [0.05, 0.1) is 12.2 Å². The van der Waals surface area contributed by atoms with Gasteiger partial charge in [-0.15, -0.1) is 0 Å². The van der Waals surface area contributed by atoms with Crippen molar-refractivity contribution in [3.63, 3.8) is 0 Å². The number of anilines is 2. The van der Waals surface area contributed by atoms with Gasteiger partial charge in [-0.05, 0) is 73.7 Å². The Morgan fingerprint density at radius 2 is 1.81 bits per heavy atom. The zero-order chi connectivity index (χ0) is 22.7. The van der Waals surface area contributed by atoms with Gasteiger partial charge >= 0.3 is 0 Å². The van der Waals surface area contributed by atoms with E-state index >= 15 is 0 Å². The Hall–Kier alpha value is -3.54. The third-order valence-electron chi connectivity index (χ3n) is 6.33. The first-order valence-corrected chi connectivity index (χ1v) is 11.0. The number of pyridine rings is 1. The number of hydrogen-bond donors (Lipinski definition) is 3. The molecule has 2 aromatic carbocycles. The Morgan fingerprint density at radius 3 is 2.56 bits per heavy atom. The molecule has 1 saturated carbocycles. The summed E-state index contributed by atoms with van der Waals surface area (Å²) >= 11 is 0. The van der Waals surface area contributed by atoms with Gasteiger partial charge in [0.25, 0.3) is 5.91 Å². The van der Waals surface area contributed by atoms with E-state index in [4.69, 9.17) is 16.2 Å². The Morgan fingerprint density at radius 1 is 1.03 bits per heavy atom. The lowest BCUT2D eigenvalue weighted by molar-refractivity contribution is 0.0919. The van der Waals surface area contributed by atoms with Crippen molar-refractivity contribution in [3.8, 4) is 16.9 Å². The normalized spacial score (nSPS) is 17.8. The zero-order valence-corrected chi connectivity index (χ0v) is 18.6. The third kappa shape index (κ3) is 4.85. The number of aryl methyl sites for hydroxylation is 2. The molecule has 1 heterocycles. The van der Waals surface area contributed by atoms with E-state index in [1.54, 1.807) is 12.3 Å². The average molecular weight is 431 g/mol. The summed E-state index contributed by atoms with van der Waals surface area (Å²) in [6, 6.07) is 15.4. The number of ether oxygens (including phenoxy) is 1. The van der Waals surface area contributed by atoms with Crippen LogP contribution in [0.5, 0.6) is 5.75 Å². The first kappa shape index (κ1) is 21.7. The van der Waals surface area contributed by atoms with Gasteiger partial charge in [0.15, 0.2) is 0 Å². The molecule has 6 nitrogen and oxygen atoms in total. The number of hydrogen-bond acceptors (Lipinski definition) is 5. The summed E-state index contributed by atoms with van der Waals surface area (Å²) in [5.74, 6) is 1.16. The fourth-order valence-corrected chi connectivity index (χ4v) is 4.17. The molecule has 2 atom stereocenters. The van der Waals surface area contributed by atoms with Crippen molar-refractivity contribution in [2.75, 3.05) is 18.1 Å². The molecule has 1 fully saturated rings. The molecule has 0 saturated heterocycles. The lowest BCUT2D eigenvalue weighted by atomic mass is 10.0. The maximum absolute atomic E-state index is 13.1. The van der Waals surface area contributed by atoms with E-state index in [0.29, 0.717) is 17.9 Å². The van der Waals surface area contributed by atoms with Gasteiger partial charge in [0.2, 0.25) is 0 Å². The van der Waals surface area contributed by atoms with Crippen LogP contribution in [0.15, 0.2) is 54.7 Å². The second-order valence-electron chi connectivity index (χ2n) is 8.61. The molecule has 166 valence electrons. The van der Waals surface area contributed by atoms with Crippen LogP contribution in [0.2, 0.25) is 0 Å². The molecule has 32 heavy (non-hydrogen) atoms. The molecule has 5 N–H and O–H groups in total. The van der Waals surface area contributed by atoms with Gasteiger partial charge in [0, 0.05) is 29.4 Å². The number of nitrogen functional groups attached to an aromatic ring is 2. The van der Waals surface area contributed by atoms with Crippen LogP contribution in [0.1, 0.15) is 40.7 Å². The van der Waals surface area contributed by atoms with Gasteiger partial charge in [-0.2, -0.15) is 0 Å². The molecule has 0 spiro atoms. The van der Waals surface area contributed by atoms with Gasteiger partial charge in [-0.3, -0.25) is 4.79 Å². The van der Waals surface area contributed by atoms with Gasteiger partial charge < -0.3 is 21.5 Å². The van der Waals surface area contributed by atoms with E-state index in [9.17, 15) is 4.79 Å². The lowest BCUT2D eigenvalue weighted by Gasteiger charge is -2.22. The minimum atomic E-state index is -0.199. The van der Waals surface area contributed by atoms with Crippen molar-refractivity contribution in [2.24, 2.45) is 5.92 Å². The fraction of sp³-hybridized carbons (Fsp3) is 0.308. The SMILES string of the molecule is Cc1ccc(OC[C@H]2CCC[C@@H]2NC(=O)c2cc(-c3ccc(N)cc3)cnc2N)cc1C. The minimum absolute atomic E-state index is 0.0497. The van der Waals surface area contributed by atoms with E-state index in [2.05, 4.69) is 36.3 Å². The highest BCUT2D eigenvalue weighted by Crippen LogP contribution is 2.28. The standard InChI is InChI=1S/C26H30N4O2/c1-16-6-11-22(12-17(16)2)32-15-19-4-3-5-24(19)30-26(31)23-13-20(14-29-25(23)28)18-7-9-21(27)10-8-18/h6-14,19,24H,3-5,15,27H2,1-2H3,(H2,28,29)(H,30,31)/t19-,24+/m1/s1. The van der Waals surface area contributed by atoms with Crippen molar-refractivity contribution in [1.82, 2.24) is 10.3 Å². The molecule has 1 amide bonds. The van der Waals surface area contributed by atoms with E-state index in [-0.39, 0.29) is 23.7 Å². The summed E-state index contributed by atoms with van der Waals surface area (Å²) in [6.07, 6.45) is 4.69. The van der Waals surface area contributed by atoms with Crippen LogP contribution in [0.3, 0.4) is 0 Å². The Bertz CT molecular complexity index is 1110. The maximum Gasteiger partial charge on any atom is 0.255 e. The molecule has 0 bridgehead atoms. The van der Waals surface area contributed by atoms with Crippen LogP contribution in [0.4, 0.5) is 11.5 Å². The lowest BCUT2D eigenvalue weighted by Crippen LogP contribution is -2.39. The van der Waals surface area contributed by atoms with Gasteiger partial charge in [-0.25, -0.2) is 4.98 Å². The number of nitrogens with one attached hydrogen (secondary N) is 1. The number of amides is 1. The number of nitrogens with zero attached hydrogens (tertiary/aromatic N) is 1. The molecule has 0 unspecified atom stereocenters. The molecule has 4 rings (SSSR count). The molecule has 1 aliphatic rings. The average Bonchev–Trinajstić information content (AvgIpc) is 3.22. The fourth-order valence-electron chi connectivity index (χ4n) is 4.17. The molecule has 6 heteroatoms. The monoisotopic (exact) mass is 430 g/mol. The highest BCUT2D eigenvalue weighted by atomic mass is 16.5. The Labute approximate surface area is 189 Å². The molecule has 0 radical (unpaired) electrons. The molecular weight excluding hydrogens is 400 g/mol. The van der Waals surface area contributed by atoms with Crippen LogP contribution >= 0.6 is 0 Å². The second kappa shape index (κ2) is 9.30. The van der Waals surface area contributed by atoms with Crippen LogP contribution in [-0.4, -0.2) is 23.5 Å².